The molecule has 0 unspecified atom stereocenters. The Morgan fingerprint density at radius 1 is 0.649 bits per heavy atom. The Morgan fingerprint density at radius 2 is 1.08 bits per heavy atom. The molecule has 4 rings (SSSR count). The van der Waals surface area contributed by atoms with Gasteiger partial charge in [-0.3, -0.25) is 9.80 Å². The number of hydrogen-bond acceptors (Lipinski definition) is 5. The van der Waals surface area contributed by atoms with Crippen molar-refractivity contribution in [2.24, 2.45) is 0 Å². The molecule has 3 aromatic carbocycles. The molecule has 0 saturated carbocycles. The van der Waals surface area contributed by atoms with Crippen LogP contribution in [0.4, 0.5) is 11.4 Å². The van der Waals surface area contributed by atoms with Crippen molar-refractivity contribution in [3.05, 3.63) is 89.5 Å². The van der Waals surface area contributed by atoms with E-state index in [1.807, 2.05) is 0 Å². The summed E-state index contributed by atoms with van der Waals surface area (Å²) in [5.41, 5.74) is 6.53. The lowest BCUT2D eigenvalue weighted by atomic mass is 10.1. The van der Waals surface area contributed by atoms with E-state index in [2.05, 4.69) is 120 Å². The molecule has 1 aliphatic rings. The van der Waals surface area contributed by atoms with Gasteiger partial charge in [0.05, 0.1) is 13.3 Å². The number of rotatable bonds is 12. The average molecular weight is 501 g/mol. The number of ether oxygens (including phenoxy) is 1. The summed E-state index contributed by atoms with van der Waals surface area (Å²) in [6.45, 7) is 16.9. The number of nitrogens with zero attached hydrogens (tertiary/aromatic N) is 4. The third-order valence-corrected chi connectivity index (χ3v) is 7.68. The predicted molar refractivity (Wildman–Crippen MR) is 157 cm³/mol. The SMILES string of the molecule is CCN(CC)c1ccc(CN2CCN(Cc3ccc(N(CC)CC)cc3)C2c2ccccc2OC)cc1. The Kier molecular flexibility index (Phi) is 9.48. The van der Waals surface area contributed by atoms with Gasteiger partial charge in [-0.2, -0.15) is 0 Å². The summed E-state index contributed by atoms with van der Waals surface area (Å²) in [7, 11) is 1.78. The minimum Gasteiger partial charge on any atom is -0.496 e. The van der Waals surface area contributed by atoms with Crippen LogP contribution < -0.4 is 14.5 Å². The topological polar surface area (TPSA) is 22.2 Å². The molecule has 0 bridgehead atoms. The van der Waals surface area contributed by atoms with E-state index >= 15 is 0 Å². The second-order valence-corrected chi connectivity index (χ2v) is 9.73. The molecule has 0 amide bonds. The maximum Gasteiger partial charge on any atom is 0.124 e. The van der Waals surface area contributed by atoms with Crippen LogP contribution in [-0.4, -0.2) is 56.2 Å². The molecule has 0 radical (unpaired) electrons. The van der Waals surface area contributed by atoms with Gasteiger partial charge in [0.1, 0.15) is 5.75 Å². The molecular weight excluding hydrogens is 456 g/mol. The molecule has 37 heavy (non-hydrogen) atoms. The summed E-state index contributed by atoms with van der Waals surface area (Å²) in [4.78, 5) is 9.97. The van der Waals surface area contributed by atoms with Crippen molar-refractivity contribution in [2.45, 2.75) is 47.0 Å². The van der Waals surface area contributed by atoms with Gasteiger partial charge in [0.25, 0.3) is 0 Å². The summed E-state index contributed by atoms with van der Waals surface area (Å²) in [6, 6.07) is 26.7. The highest BCUT2D eigenvalue weighted by molar-refractivity contribution is 5.48. The number of anilines is 2. The van der Waals surface area contributed by atoms with Gasteiger partial charge in [-0.1, -0.05) is 42.5 Å². The second kappa shape index (κ2) is 13.0. The van der Waals surface area contributed by atoms with E-state index < -0.39 is 0 Å². The quantitative estimate of drug-likeness (QED) is 0.286. The van der Waals surface area contributed by atoms with Crippen LogP contribution in [0, 0.1) is 0 Å². The van der Waals surface area contributed by atoms with Crippen molar-refractivity contribution in [1.82, 2.24) is 9.80 Å². The van der Waals surface area contributed by atoms with Gasteiger partial charge in [-0.25, -0.2) is 0 Å². The molecule has 1 fully saturated rings. The van der Waals surface area contributed by atoms with Gasteiger partial charge in [0.15, 0.2) is 0 Å². The standard InChI is InChI=1S/C32H44N4O/c1-6-33(7-2)28-18-14-26(15-19-28)24-35-22-23-36(32(35)30-12-10-11-13-31(30)37-5)25-27-16-20-29(21-17-27)34(8-3)9-4/h10-21,32H,6-9,22-25H2,1-5H3. The van der Waals surface area contributed by atoms with E-state index in [-0.39, 0.29) is 6.17 Å². The smallest absolute Gasteiger partial charge is 0.124 e. The Bertz CT molecular complexity index is 1030. The van der Waals surface area contributed by atoms with Crippen LogP contribution in [0.25, 0.3) is 0 Å². The van der Waals surface area contributed by atoms with Crippen molar-refractivity contribution in [1.29, 1.82) is 0 Å². The molecule has 1 saturated heterocycles. The lowest BCUT2D eigenvalue weighted by molar-refractivity contribution is 0.123. The highest BCUT2D eigenvalue weighted by Crippen LogP contribution is 2.37. The van der Waals surface area contributed by atoms with Gasteiger partial charge >= 0.3 is 0 Å². The van der Waals surface area contributed by atoms with E-state index in [9.17, 15) is 0 Å². The zero-order valence-corrected chi connectivity index (χ0v) is 23.4. The van der Waals surface area contributed by atoms with E-state index in [1.165, 1.54) is 28.1 Å². The molecule has 5 heteroatoms. The Hall–Kier alpha value is -3.02. The monoisotopic (exact) mass is 500 g/mol. The van der Waals surface area contributed by atoms with Crippen LogP contribution in [0.3, 0.4) is 0 Å². The summed E-state index contributed by atoms with van der Waals surface area (Å²) < 4.78 is 5.82. The Labute approximate surface area is 224 Å². The maximum absolute atomic E-state index is 5.82. The highest BCUT2D eigenvalue weighted by Gasteiger charge is 2.34. The van der Waals surface area contributed by atoms with Crippen LogP contribution in [0.5, 0.6) is 5.75 Å². The van der Waals surface area contributed by atoms with Gasteiger partial charge in [-0.05, 0) is 69.2 Å². The summed E-state index contributed by atoms with van der Waals surface area (Å²) >= 11 is 0. The van der Waals surface area contributed by atoms with Crippen LogP contribution in [0.15, 0.2) is 72.8 Å². The zero-order chi connectivity index (χ0) is 26.2. The minimum atomic E-state index is 0.168. The van der Waals surface area contributed by atoms with Crippen molar-refractivity contribution in [2.75, 3.05) is 56.2 Å². The summed E-state index contributed by atoms with van der Waals surface area (Å²) in [5, 5.41) is 0. The zero-order valence-electron chi connectivity index (χ0n) is 23.4. The number of benzene rings is 3. The normalized spacial score (nSPS) is 14.7. The molecule has 0 spiro atoms. The van der Waals surface area contributed by atoms with Crippen molar-refractivity contribution < 1.29 is 4.74 Å². The van der Waals surface area contributed by atoms with Gasteiger partial charge < -0.3 is 14.5 Å². The summed E-state index contributed by atoms with van der Waals surface area (Å²) in [5.74, 6) is 0.957. The van der Waals surface area contributed by atoms with E-state index in [1.54, 1.807) is 7.11 Å². The number of methoxy groups -OCH3 is 1. The van der Waals surface area contributed by atoms with Crippen molar-refractivity contribution in [3.8, 4) is 5.75 Å². The first-order valence-corrected chi connectivity index (χ1v) is 13.9. The Morgan fingerprint density at radius 3 is 1.49 bits per heavy atom. The fourth-order valence-corrected chi connectivity index (χ4v) is 5.61. The Balaban J connectivity index is 1.56. The van der Waals surface area contributed by atoms with Crippen molar-refractivity contribution >= 4 is 11.4 Å². The predicted octanol–water partition coefficient (Wildman–Crippen LogP) is 6.40. The average Bonchev–Trinajstić information content (AvgIpc) is 3.33. The molecule has 1 aliphatic heterocycles. The summed E-state index contributed by atoms with van der Waals surface area (Å²) in [6.07, 6.45) is 0.168. The maximum atomic E-state index is 5.82. The molecular formula is C32H44N4O. The van der Waals surface area contributed by atoms with Crippen LogP contribution in [0.2, 0.25) is 0 Å². The van der Waals surface area contributed by atoms with Crippen LogP contribution in [0.1, 0.15) is 50.6 Å². The highest BCUT2D eigenvalue weighted by atomic mass is 16.5. The molecule has 0 N–H and O–H groups in total. The van der Waals surface area contributed by atoms with E-state index in [0.717, 1.165) is 58.1 Å². The molecule has 0 aliphatic carbocycles. The third kappa shape index (κ3) is 6.28. The van der Waals surface area contributed by atoms with Crippen LogP contribution in [-0.2, 0) is 13.1 Å². The minimum absolute atomic E-state index is 0.168. The first kappa shape index (κ1) is 27.0. The van der Waals surface area contributed by atoms with Crippen molar-refractivity contribution in [3.63, 3.8) is 0 Å². The molecule has 5 nitrogen and oxygen atoms in total. The van der Waals surface area contributed by atoms with Crippen LogP contribution >= 0.6 is 0 Å². The molecule has 0 aromatic heterocycles. The second-order valence-electron chi connectivity index (χ2n) is 9.73. The lowest BCUT2D eigenvalue weighted by Gasteiger charge is -2.32. The number of para-hydroxylation sites is 1. The number of hydrogen-bond donors (Lipinski definition) is 0. The first-order chi connectivity index (χ1) is 18.1. The molecule has 3 aromatic rings. The van der Waals surface area contributed by atoms with Gasteiger partial charge in [-0.15, -0.1) is 0 Å². The third-order valence-electron chi connectivity index (χ3n) is 7.68. The lowest BCUT2D eigenvalue weighted by Crippen LogP contribution is -2.31. The van der Waals surface area contributed by atoms with E-state index in [4.69, 9.17) is 4.74 Å². The van der Waals surface area contributed by atoms with E-state index in [0.29, 0.717) is 0 Å². The first-order valence-electron chi connectivity index (χ1n) is 13.9. The molecule has 0 atom stereocenters. The largest absolute Gasteiger partial charge is 0.496 e. The van der Waals surface area contributed by atoms with Gasteiger partial charge in [0, 0.05) is 69.3 Å². The van der Waals surface area contributed by atoms with Gasteiger partial charge in [0.2, 0.25) is 0 Å². The fourth-order valence-electron chi connectivity index (χ4n) is 5.61. The fraction of sp³-hybridized carbons (Fsp3) is 0.438. The molecule has 1 heterocycles. The molecule has 198 valence electrons.